The molecular weight excluding hydrogens is 440 g/mol. The van der Waals surface area contributed by atoms with Crippen LogP contribution in [0, 0.1) is 10.1 Å². The second-order valence-electron chi connectivity index (χ2n) is 8.02. The maximum absolute atomic E-state index is 12.4. The summed E-state index contributed by atoms with van der Waals surface area (Å²) in [5.74, 6) is 0.618. The molecule has 9 nitrogen and oxygen atoms in total. The van der Waals surface area contributed by atoms with E-state index in [0.29, 0.717) is 31.9 Å². The van der Waals surface area contributed by atoms with Crippen molar-refractivity contribution in [3.63, 3.8) is 0 Å². The van der Waals surface area contributed by atoms with Crippen molar-refractivity contribution in [2.24, 2.45) is 0 Å². The van der Waals surface area contributed by atoms with Crippen LogP contribution in [0.15, 0.2) is 24.3 Å². The summed E-state index contributed by atoms with van der Waals surface area (Å²) in [5.41, 5.74) is 0.460. The Balaban J connectivity index is 1.67. The second kappa shape index (κ2) is 11.3. The van der Waals surface area contributed by atoms with Crippen molar-refractivity contribution >= 4 is 46.0 Å². The van der Waals surface area contributed by atoms with Gasteiger partial charge in [0.1, 0.15) is 9.92 Å². The highest BCUT2D eigenvalue weighted by molar-refractivity contribution is 8.22. The molecular formula is C20H28N4O5S2. The number of alkyl carbamates (subject to hydrolysis) is 1. The lowest BCUT2D eigenvalue weighted by molar-refractivity contribution is -0.384. The number of carbonyl (C=O) groups excluding carboxylic acids is 2. The molecule has 0 bridgehead atoms. The third-order valence-corrected chi connectivity index (χ3v) is 6.00. The van der Waals surface area contributed by atoms with Gasteiger partial charge in [0.15, 0.2) is 0 Å². The fourth-order valence-corrected chi connectivity index (χ4v) is 4.04. The number of ether oxygens (including phenoxy) is 1. The van der Waals surface area contributed by atoms with Gasteiger partial charge in [0.25, 0.3) is 5.69 Å². The fraction of sp³-hybridized carbons (Fsp3) is 0.550. The van der Waals surface area contributed by atoms with Gasteiger partial charge >= 0.3 is 6.09 Å². The zero-order valence-corrected chi connectivity index (χ0v) is 19.6. The first-order valence-electron chi connectivity index (χ1n) is 9.95. The number of nitro groups is 1. The number of hydrogen-bond donors (Lipinski definition) is 1. The Hall–Kier alpha value is -2.40. The summed E-state index contributed by atoms with van der Waals surface area (Å²) in [4.78, 5) is 38.1. The third kappa shape index (κ3) is 8.70. The van der Waals surface area contributed by atoms with Gasteiger partial charge in [-0.25, -0.2) is 4.79 Å². The maximum atomic E-state index is 12.4. The molecule has 1 heterocycles. The molecule has 1 saturated heterocycles. The van der Waals surface area contributed by atoms with Gasteiger partial charge in [-0.15, -0.1) is 0 Å². The number of carbonyl (C=O) groups is 2. The molecule has 2 amide bonds. The van der Waals surface area contributed by atoms with Crippen molar-refractivity contribution in [2.75, 3.05) is 32.7 Å². The number of rotatable bonds is 6. The standard InChI is InChI=1S/C20H28N4O5S2/c1-20(2,3)29-18(26)21-9-8-17(25)22-10-12-23(13-11-22)19(30)31-14-15-4-6-16(7-5-15)24(27)28/h4-7H,8-14H2,1-3H3,(H,21,26). The van der Waals surface area contributed by atoms with Crippen molar-refractivity contribution in [1.29, 1.82) is 0 Å². The zero-order chi connectivity index (χ0) is 23.0. The molecule has 1 aliphatic heterocycles. The van der Waals surface area contributed by atoms with E-state index in [1.54, 1.807) is 37.8 Å². The number of benzene rings is 1. The predicted molar refractivity (Wildman–Crippen MR) is 124 cm³/mol. The SMILES string of the molecule is CC(C)(C)OC(=O)NCCC(=O)N1CCN(C(=S)SCc2ccc([N+](=O)[O-])cc2)CC1. The number of nitro benzene ring substituents is 1. The normalized spacial score (nSPS) is 14.2. The van der Waals surface area contributed by atoms with Crippen LogP contribution in [0.5, 0.6) is 0 Å². The lowest BCUT2D eigenvalue weighted by Gasteiger charge is -2.36. The molecule has 0 aliphatic carbocycles. The van der Waals surface area contributed by atoms with Gasteiger partial charge in [-0.1, -0.05) is 36.1 Å². The van der Waals surface area contributed by atoms with Crippen LogP contribution in [-0.4, -0.2) is 69.4 Å². The van der Waals surface area contributed by atoms with Crippen LogP contribution in [0.1, 0.15) is 32.8 Å². The van der Waals surface area contributed by atoms with Crippen LogP contribution in [0.25, 0.3) is 0 Å². The number of amides is 2. The fourth-order valence-electron chi connectivity index (χ4n) is 2.83. The van der Waals surface area contributed by atoms with E-state index in [2.05, 4.69) is 10.2 Å². The molecule has 0 atom stereocenters. The molecule has 1 aliphatic rings. The molecule has 2 rings (SSSR count). The Bertz CT molecular complexity index is 803. The minimum absolute atomic E-state index is 0.0137. The van der Waals surface area contributed by atoms with E-state index >= 15 is 0 Å². The van der Waals surface area contributed by atoms with Crippen molar-refractivity contribution < 1.29 is 19.2 Å². The number of nitrogens with zero attached hydrogens (tertiary/aromatic N) is 3. The second-order valence-corrected chi connectivity index (χ2v) is 9.63. The van der Waals surface area contributed by atoms with Gasteiger partial charge in [-0.05, 0) is 26.3 Å². The topological polar surface area (TPSA) is 105 Å². The van der Waals surface area contributed by atoms with Crippen LogP contribution < -0.4 is 5.32 Å². The van der Waals surface area contributed by atoms with Crippen LogP contribution in [-0.2, 0) is 15.3 Å². The molecule has 1 aromatic rings. The van der Waals surface area contributed by atoms with Gasteiger partial charge < -0.3 is 19.9 Å². The largest absolute Gasteiger partial charge is 0.444 e. The van der Waals surface area contributed by atoms with Crippen molar-refractivity contribution in [2.45, 2.75) is 38.5 Å². The zero-order valence-electron chi connectivity index (χ0n) is 18.0. The smallest absolute Gasteiger partial charge is 0.407 e. The number of non-ortho nitro benzene ring substituents is 1. The summed E-state index contributed by atoms with van der Waals surface area (Å²) in [7, 11) is 0. The summed E-state index contributed by atoms with van der Waals surface area (Å²) in [6.07, 6.45) is -0.306. The first-order chi connectivity index (χ1) is 14.5. The van der Waals surface area contributed by atoms with Gasteiger partial charge in [0, 0.05) is 57.0 Å². The molecule has 170 valence electrons. The quantitative estimate of drug-likeness (QED) is 0.386. The Morgan fingerprint density at radius 3 is 2.29 bits per heavy atom. The molecule has 0 saturated carbocycles. The highest BCUT2D eigenvalue weighted by Crippen LogP contribution is 2.20. The van der Waals surface area contributed by atoms with E-state index < -0.39 is 16.6 Å². The van der Waals surface area contributed by atoms with Crippen molar-refractivity contribution in [1.82, 2.24) is 15.1 Å². The van der Waals surface area contributed by atoms with Gasteiger partial charge in [0.05, 0.1) is 4.92 Å². The number of thiocarbonyl (C=S) groups is 1. The van der Waals surface area contributed by atoms with Crippen LogP contribution in [0.3, 0.4) is 0 Å². The summed E-state index contributed by atoms with van der Waals surface area (Å²) in [5, 5.41) is 13.3. The van der Waals surface area contributed by atoms with Gasteiger partial charge in [-0.2, -0.15) is 0 Å². The number of hydrogen-bond acceptors (Lipinski definition) is 7. The van der Waals surface area contributed by atoms with E-state index in [1.807, 2.05) is 0 Å². The Labute approximate surface area is 191 Å². The minimum Gasteiger partial charge on any atom is -0.444 e. The van der Waals surface area contributed by atoms with Crippen molar-refractivity contribution in [3.05, 3.63) is 39.9 Å². The highest BCUT2D eigenvalue weighted by atomic mass is 32.2. The Morgan fingerprint density at radius 2 is 1.74 bits per heavy atom. The molecule has 0 aromatic heterocycles. The highest BCUT2D eigenvalue weighted by Gasteiger charge is 2.23. The third-order valence-electron chi connectivity index (χ3n) is 4.41. The summed E-state index contributed by atoms with van der Waals surface area (Å²) in [6, 6.07) is 6.44. The number of piperazine rings is 1. The first-order valence-corrected chi connectivity index (χ1v) is 11.3. The van der Waals surface area contributed by atoms with Crippen LogP contribution in [0.4, 0.5) is 10.5 Å². The van der Waals surface area contributed by atoms with E-state index in [1.165, 1.54) is 23.9 Å². The molecule has 0 unspecified atom stereocenters. The molecule has 1 fully saturated rings. The average molecular weight is 469 g/mol. The molecule has 0 radical (unpaired) electrons. The van der Waals surface area contributed by atoms with Crippen LogP contribution in [0.2, 0.25) is 0 Å². The maximum Gasteiger partial charge on any atom is 0.407 e. The Morgan fingerprint density at radius 1 is 1.16 bits per heavy atom. The molecule has 0 spiro atoms. The average Bonchev–Trinajstić information content (AvgIpc) is 2.71. The van der Waals surface area contributed by atoms with E-state index in [-0.39, 0.29) is 24.6 Å². The van der Waals surface area contributed by atoms with E-state index in [9.17, 15) is 19.7 Å². The molecule has 1 aromatic carbocycles. The lowest BCUT2D eigenvalue weighted by atomic mass is 10.2. The van der Waals surface area contributed by atoms with Gasteiger partial charge in [0.2, 0.25) is 5.91 Å². The molecule has 31 heavy (non-hydrogen) atoms. The van der Waals surface area contributed by atoms with Crippen LogP contribution >= 0.6 is 24.0 Å². The predicted octanol–water partition coefficient (Wildman–Crippen LogP) is 3.17. The first kappa shape index (κ1) is 24.9. The summed E-state index contributed by atoms with van der Waals surface area (Å²) >= 11 is 7.01. The molecule has 11 heteroatoms. The van der Waals surface area contributed by atoms with Gasteiger partial charge in [-0.3, -0.25) is 14.9 Å². The summed E-state index contributed by atoms with van der Waals surface area (Å²) < 4.78 is 5.90. The number of thioether (sulfide) groups is 1. The van der Waals surface area contributed by atoms with E-state index in [0.717, 1.165) is 9.88 Å². The number of nitrogens with one attached hydrogen (secondary N) is 1. The Kier molecular flexibility index (Phi) is 9.05. The summed E-state index contributed by atoms with van der Waals surface area (Å²) in [6.45, 7) is 8.03. The molecule has 1 N–H and O–H groups in total. The van der Waals surface area contributed by atoms with Crippen molar-refractivity contribution in [3.8, 4) is 0 Å². The minimum atomic E-state index is -0.570. The monoisotopic (exact) mass is 468 g/mol. The van der Waals surface area contributed by atoms with E-state index in [4.69, 9.17) is 17.0 Å². The lowest BCUT2D eigenvalue weighted by Crippen LogP contribution is -2.50.